The van der Waals surface area contributed by atoms with Gasteiger partial charge in [0.25, 0.3) is 0 Å². The number of benzene rings is 3. The number of phenols is 1. The molecule has 0 heterocycles. The molecule has 0 fully saturated rings. The lowest BCUT2D eigenvalue weighted by Gasteiger charge is -2.06. The lowest BCUT2D eigenvalue weighted by atomic mass is 10.1. The minimum Gasteiger partial charge on any atom is -0.508 e. The lowest BCUT2D eigenvalue weighted by Crippen LogP contribution is -2.19. The highest BCUT2D eigenvalue weighted by Crippen LogP contribution is 2.21. The second-order valence-electron chi connectivity index (χ2n) is 5.62. The fourth-order valence-electron chi connectivity index (χ4n) is 2.26. The van der Waals surface area contributed by atoms with Crippen molar-refractivity contribution >= 4 is 12.1 Å². The smallest absolute Gasteiger partial charge is 0.244 e. The van der Waals surface area contributed by atoms with E-state index in [0.29, 0.717) is 5.75 Å². The van der Waals surface area contributed by atoms with Crippen molar-refractivity contribution in [1.29, 1.82) is 0 Å². The number of carbonyl (C=O) groups excluding carboxylic acids is 1. The standard InChI is InChI=1S/C21H18N2O3/c24-18-10-6-17(7-11-18)15-22-23-21(25)14-16-8-12-20(13-9-16)26-19-4-2-1-3-5-19/h1-13,15,24H,14H2,(H,23,25)/b22-15+. The molecule has 5 nitrogen and oxygen atoms in total. The van der Waals surface area contributed by atoms with Crippen LogP contribution < -0.4 is 10.2 Å². The number of para-hydroxylation sites is 1. The van der Waals surface area contributed by atoms with Gasteiger partial charge in [-0.15, -0.1) is 0 Å². The van der Waals surface area contributed by atoms with Crippen LogP contribution in [0.15, 0.2) is 84.0 Å². The molecule has 0 saturated carbocycles. The van der Waals surface area contributed by atoms with Crippen LogP contribution in [0.2, 0.25) is 0 Å². The zero-order valence-electron chi connectivity index (χ0n) is 14.0. The van der Waals surface area contributed by atoms with Crippen molar-refractivity contribution in [1.82, 2.24) is 5.43 Å². The van der Waals surface area contributed by atoms with E-state index in [9.17, 15) is 9.90 Å². The van der Waals surface area contributed by atoms with Gasteiger partial charge in [0.2, 0.25) is 5.91 Å². The Bertz CT molecular complexity index is 873. The highest BCUT2D eigenvalue weighted by molar-refractivity contribution is 5.83. The van der Waals surface area contributed by atoms with Gasteiger partial charge >= 0.3 is 0 Å². The summed E-state index contributed by atoms with van der Waals surface area (Å²) < 4.78 is 5.72. The fourth-order valence-corrected chi connectivity index (χ4v) is 2.26. The SMILES string of the molecule is O=C(Cc1ccc(Oc2ccccc2)cc1)N/N=C/c1ccc(O)cc1. The van der Waals surface area contributed by atoms with E-state index in [-0.39, 0.29) is 18.1 Å². The Kier molecular flexibility index (Phi) is 5.62. The van der Waals surface area contributed by atoms with Crippen LogP contribution in [-0.2, 0) is 11.2 Å². The van der Waals surface area contributed by atoms with Crippen LogP contribution in [0, 0.1) is 0 Å². The monoisotopic (exact) mass is 346 g/mol. The van der Waals surface area contributed by atoms with Crippen molar-refractivity contribution in [2.75, 3.05) is 0 Å². The van der Waals surface area contributed by atoms with Gasteiger partial charge in [-0.2, -0.15) is 5.10 Å². The first kappa shape index (κ1) is 17.2. The second kappa shape index (κ2) is 8.48. The molecule has 0 aliphatic rings. The van der Waals surface area contributed by atoms with E-state index in [1.807, 2.05) is 54.6 Å². The first-order chi connectivity index (χ1) is 12.7. The molecule has 0 aliphatic carbocycles. The van der Waals surface area contributed by atoms with Crippen LogP contribution in [0.4, 0.5) is 0 Å². The molecule has 0 aromatic heterocycles. The molecule has 130 valence electrons. The van der Waals surface area contributed by atoms with Crippen molar-refractivity contribution < 1.29 is 14.6 Å². The van der Waals surface area contributed by atoms with E-state index in [1.54, 1.807) is 24.3 Å². The number of phenolic OH excluding ortho intramolecular Hbond substituents is 1. The molecule has 0 unspecified atom stereocenters. The highest BCUT2D eigenvalue weighted by atomic mass is 16.5. The predicted octanol–water partition coefficient (Wildman–Crippen LogP) is 3.88. The molecule has 5 heteroatoms. The van der Waals surface area contributed by atoms with Gasteiger partial charge in [-0.1, -0.05) is 30.3 Å². The van der Waals surface area contributed by atoms with Crippen molar-refractivity contribution in [3.8, 4) is 17.2 Å². The molecule has 26 heavy (non-hydrogen) atoms. The van der Waals surface area contributed by atoms with Gasteiger partial charge in [0.05, 0.1) is 12.6 Å². The van der Waals surface area contributed by atoms with Gasteiger partial charge in [-0.3, -0.25) is 4.79 Å². The maximum Gasteiger partial charge on any atom is 0.244 e. The van der Waals surface area contributed by atoms with E-state index >= 15 is 0 Å². The zero-order chi connectivity index (χ0) is 18.2. The third kappa shape index (κ3) is 5.21. The zero-order valence-corrected chi connectivity index (χ0v) is 14.0. The summed E-state index contributed by atoms with van der Waals surface area (Å²) in [7, 11) is 0. The molecule has 1 amide bonds. The number of nitrogens with one attached hydrogen (secondary N) is 1. The summed E-state index contributed by atoms with van der Waals surface area (Å²) in [6.45, 7) is 0. The van der Waals surface area contributed by atoms with E-state index in [0.717, 1.165) is 16.9 Å². The Morgan fingerprint density at radius 1 is 0.923 bits per heavy atom. The van der Waals surface area contributed by atoms with Gasteiger partial charge < -0.3 is 9.84 Å². The molecule has 0 atom stereocenters. The summed E-state index contributed by atoms with van der Waals surface area (Å²) in [5.74, 6) is 1.45. The molecule has 0 spiro atoms. The Labute approximate surface area is 151 Å². The Morgan fingerprint density at radius 2 is 1.58 bits per heavy atom. The normalized spacial score (nSPS) is 10.6. The predicted molar refractivity (Wildman–Crippen MR) is 101 cm³/mol. The summed E-state index contributed by atoms with van der Waals surface area (Å²) in [6, 6.07) is 23.4. The van der Waals surface area contributed by atoms with Crippen LogP contribution in [0.25, 0.3) is 0 Å². The summed E-state index contributed by atoms with van der Waals surface area (Å²) in [5.41, 5.74) is 4.13. The minimum atomic E-state index is -0.211. The van der Waals surface area contributed by atoms with Crippen LogP contribution in [0.1, 0.15) is 11.1 Å². The molecule has 3 rings (SSSR count). The molecule has 3 aromatic carbocycles. The summed E-state index contributed by atoms with van der Waals surface area (Å²) in [5, 5.41) is 13.1. The van der Waals surface area contributed by atoms with Crippen LogP contribution in [-0.4, -0.2) is 17.2 Å². The van der Waals surface area contributed by atoms with E-state index in [4.69, 9.17) is 4.74 Å². The molecule has 0 aliphatic heterocycles. The number of hydrogen-bond donors (Lipinski definition) is 2. The Morgan fingerprint density at radius 3 is 2.27 bits per heavy atom. The first-order valence-corrected chi connectivity index (χ1v) is 8.12. The largest absolute Gasteiger partial charge is 0.508 e. The van der Waals surface area contributed by atoms with Crippen molar-refractivity contribution in [2.45, 2.75) is 6.42 Å². The molecule has 2 N–H and O–H groups in total. The first-order valence-electron chi connectivity index (χ1n) is 8.12. The van der Waals surface area contributed by atoms with Gasteiger partial charge in [0.1, 0.15) is 17.2 Å². The van der Waals surface area contributed by atoms with Gasteiger partial charge in [0, 0.05) is 0 Å². The van der Waals surface area contributed by atoms with E-state index in [1.165, 1.54) is 6.21 Å². The van der Waals surface area contributed by atoms with Gasteiger partial charge in [-0.05, 0) is 59.7 Å². The number of aromatic hydroxyl groups is 1. The van der Waals surface area contributed by atoms with Gasteiger partial charge in [0.15, 0.2) is 0 Å². The maximum absolute atomic E-state index is 11.9. The number of amides is 1. The number of nitrogens with zero attached hydrogens (tertiary/aromatic N) is 1. The molecular weight excluding hydrogens is 328 g/mol. The minimum absolute atomic E-state index is 0.186. The number of ether oxygens (including phenoxy) is 1. The number of carbonyl (C=O) groups is 1. The summed E-state index contributed by atoms with van der Waals surface area (Å²) >= 11 is 0. The number of rotatable bonds is 6. The van der Waals surface area contributed by atoms with Crippen molar-refractivity contribution in [3.05, 3.63) is 90.0 Å². The van der Waals surface area contributed by atoms with Crippen LogP contribution in [0.3, 0.4) is 0 Å². The van der Waals surface area contributed by atoms with E-state index < -0.39 is 0 Å². The average molecular weight is 346 g/mol. The third-order valence-electron chi connectivity index (χ3n) is 3.56. The van der Waals surface area contributed by atoms with E-state index in [2.05, 4.69) is 10.5 Å². The lowest BCUT2D eigenvalue weighted by molar-refractivity contribution is -0.120. The second-order valence-corrected chi connectivity index (χ2v) is 5.62. The molecule has 3 aromatic rings. The summed E-state index contributed by atoms with van der Waals surface area (Å²) in [4.78, 5) is 11.9. The Balaban J connectivity index is 1.50. The number of hydrogen-bond acceptors (Lipinski definition) is 4. The molecule has 0 radical (unpaired) electrons. The third-order valence-corrected chi connectivity index (χ3v) is 3.56. The van der Waals surface area contributed by atoms with Crippen LogP contribution >= 0.6 is 0 Å². The molecular formula is C21H18N2O3. The molecule has 0 saturated heterocycles. The molecule has 0 bridgehead atoms. The van der Waals surface area contributed by atoms with Crippen molar-refractivity contribution in [2.24, 2.45) is 5.10 Å². The van der Waals surface area contributed by atoms with Gasteiger partial charge in [-0.25, -0.2) is 5.43 Å². The quantitative estimate of drug-likeness (QED) is 0.526. The average Bonchev–Trinajstić information content (AvgIpc) is 2.66. The topological polar surface area (TPSA) is 70.9 Å². The highest BCUT2D eigenvalue weighted by Gasteiger charge is 2.03. The number of hydrazone groups is 1. The van der Waals surface area contributed by atoms with Crippen LogP contribution in [0.5, 0.6) is 17.2 Å². The maximum atomic E-state index is 11.9. The summed E-state index contributed by atoms with van der Waals surface area (Å²) in [6.07, 6.45) is 1.74. The fraction of sp³-hybridized carbons (Fsp3) is 0.0476. The van der Waals surface area contributed by atoms with Crippen molar-refractivity contribution in [3.63, 3.8) is 0 Å². The Hall–Kier alpha value is -3.60.